The Hall–Kier alpha value is -2.09. The number of carbonyl (C=O) groups is 3. The van der Waals surface area contributed by atoms with Crippen molar-refractivity contribution in [3.05, 3.63) is 11.8 Å². The van der Waals surface area contributed by atoms with Crippen molar-refractivity contribution < 1.29 is 38.1 Å². The van der Waals surface area contributed by atoms with Crippen molar-refractivity contribution in [1.82, 2.24) is 0 Å². The van der Waals surface area contributed by atoms with E-state index < -0.39 is 24.0 Å². The van der Waals surface area contributed by atoms with Crippen LogP contribution < -0.4 is 0 Å². The van der Waals surface area contributed by atoms with E-state index in [0.29, 0.717) is 19.4 Å². The van der Waals surface area contributed by atoms with Gasteiger partial charge < -0.3 is 23.7 Å². The third kappa shape index (κ3) is 4.96. The monoisotopic (exact) mass is 424 g/mol. The lowest BCUT2D eigenvalue weighted by molar-refractivity contribution is -0.192. The number of rotatable bonds is 8. The maximum atomic E-state index is 12.3. The molecule has 0 aromatic rings. The summed E-state index contributed by atoms with van der Waals surface area (Å²) in [5, 5.41) is 0. The molecule has 3 rings (SSSR count). The summed E-state index contributed by atoms with van der Waals surface area (Å²) in [6.07, 6.45) is 1.33. The molecular formula is C22H32O8. The van der Waals surface area contributed by atoms with Gasteiger partial charge in [0, 0.05) is 31.3 Å². The minimum absolute atomic E-state index is 0.0856. The summed E-state index contributed by atoms with van der Waals surface area (Å²) in [6.45, 7) is 9.62. The van der Waals surface area contributed by atoms with Crippen LogP contribution in [0.15, 0.2) is 11.8 Å². The summed E-state index contributed by atoms with van der Waals surface area (Å²) in [4.78, 5) is 35.9. The van der Waals surface area contributed by atoms with E-state index in [2.05, 4.69) is 0 Å². The molecule has 0 aromatic carbocycles. The average molecular weight is 424 g/mol. The van der Waals surface area contributed by atoms with Crippen LogP contribution >= 0.6 is 0 Å². The number of fused-ring (bicyclic) bond motifs is 2. The highest BCUT2D eigenvalue weighted by Gasteiger charge is 2.70. The van der Waals surface area contributed by atoms with Crippen LogP contribution in [0.5, 0.6) is 0 Å². The number of epoxide rings is 1. The molecule has 0 amide bonds. The van der Waals surface area contributed by atoms with Crippen molar-refractivity contribution in [2.45, 2.75) is 71.9 Å². The van der Waals surface area contributed by atoms with Gasteiger partial charge in [0.15, 0.2) is 0 Å². The Kier molecular flexibility index (Phi) is 6.75. The van der Waals surface area contributed by atoms with Crippen molar-refractivity contribution in [3.8, 4) is 0 Å². The van der Waals surface area contributed by atoms with E-state index in [0.717, 1.165) is 5.57 Å². The largest absolute Gasteiger partial charge is 0.462 e. The second-order valence-corrected chi connectivity index (χ2v) is 9.25. The molecule has 0 aromatic heterocycles. The molecule has 0 radical (unpaired) electrons. The summed E-state index contributed by atoms with van der Waals surface area (Å²) in [5.41, 5.74) is 0.0402. The molecule has 1 aliphatic carbocycles. The Bertz CT molecular complexity index is 706. The molecule has 1 saturated heterocycles. The molecule has 1 saturated carbocycles. The molecule has 2 aliphatic heterocycles. The zero-order valence-electron chi connectivity index (χ0n) is 18.3. The van der Waals surface area contributed by atoms with Gasteiger partial charge in [0.2, 0.25) is 6.29 Å². The highest BCUT2D eigenvalue weighted by Crippen LogP contribution is 2.57. The van der Waals surface area contributed by atoms with Crippen molar-refractivity contribution >= 4 is 17.9 Å². The van der Waals surface area contributed by atoms with E-state index in [-0.39, 0.29) is 48.6 Å². The summed E-state index contributed by atoms with van der Waals surface area (Å²) < 4.78 is 28.2. The first-order valence-corrected chi connectivity index (χ1v) is 10.6. The van der Waals surface area contributed by atoms with Gasteiger partial charge in [-0.3, -0.25) is 14.4 Å². The van der Waals surface area contributed by atoms with Gasteiger partial charge >= 0.3 is 17.9 Å². The second kappa shape index (κ2) is 8.96. The first-order valence-electron chi connectivity index (χ1n) is 10.6. The first-order chi connectivity index (χ1) is 14.1. The standard InChI is InChI=1S/C22H32O8/c1-12(2)6-18(24)26-9-15-10-27-21(30-19(25)7-13(3)4)20-16(15)8-17(29-14(5)23)22(20)11-28-22/h10,12-13,16-17,20-21H,6-9,11H2,1-5H3/t16-,17-,20+,21+,22-/m0/s1. The molecule has 0 unspecified atom stereocenters. The van der Waals surface area contributed by atoms with Gasteiger partial charge in [-0.05, 0) is 18.3 Å². The molecule has 168 valence electrons. The van der Waals surface area contributed by atoms with E-state index in [9.17, 15) is 14.4 Å². The molecule has 2 heterocycles. The molecular weight excluding hydrogens is 392 g/mol. The Morgan fingerprint density at radius 3 is 2.30 bits per heavy atom. The highest BCUT2D eigenvalue weighted by molar-refractivity contribution is 5.70. The Balaban J connectivity index is 1.77. The normalized spacial score (nSPS) is 31.8. The number of carbonyl (C=O) groups excluding carboxylic acids is 3. The summed E-state index contributed by atoms with van der Waals surface area (Å²) in [5.74, 6) is -1.13. The highest BCUT2D eigenvalue weighted by atomic mass is 16.7. The predicted octanol–water partition coefficient (Wildman–Crippen LogP) is 2.74. The molecule has 30 heavy (non-hydrogen) atoms. The van der Waals surface area contributed by atoms with Crippen LogP contribution in [-0.4, -0.2) is 49.1 Å². The molecule has 5 atom stereocenters. The Morgan fingerprint density at radius 1 is 1.10 bits per heavy atom. The fourth-order valence-electron chi connectivity index (χ4n) is 4.38. The number of hydrogen-bond acceptors (Lipinski definition) is 8. The second-order valence-electron chi connectivity index (χ2n) is 9.25. The van der Waals surface area contributed by atoms with Crippen molar-refractivity contribution in [1.29, 1.82) is 0 Å². The maximum Gasteiger partial charge on any atom is 0.309 e. The van der Waals surface area contributed by atoms with E-state index in [1.807, 2.05) is 27.7 Å². The third-order valence-corrected chi connectivity index (χ3v) is 5.72. The SMILES string of the molecule is CC(=O)O[C@H]1C[C@H]2C(COC(=O)CC(C)C)=CO[C@H](OC(=O)CC(C)C)[C@@H]2[C@]12CO2. The minimum Gasteiger partial charge on any atom is -0.462 e. The van der Waals surface area contributed by atoms with Gasteiger partial charge in [0.1, 0.15) is 18.3 Å². The lowest BCUT2D eigenvalue weighted by Gasteiger charge is -2.35. The fourth-order valence-corrected chi connectivity index (χ4v) is 4.38. The molecule has 1 spiro atoms. The van der Waals surface area contributed by atoms with Crippen LogP contribution in [0, 0.1) is 23.7 Å². The van der Waals surface area contributed by atoms with Gasteiger partial charge in [-0.25, -0.2) is 0 Å². The van der Waals surface area contributed by atoms with Gasteiger partial charge in [-0.1, -0.05) is 27.7 Å². The van der Waals surface area contributed by atoms with Crippen LogP contribution in [0.1, 0.15) is 53.9 Å². The predicted molar refractivity (Wildman–Crippen MR) is 105 cm³/mol. The number of hydrogen-bond donors (Lipinski definition) is 0. The zero-order chi connectivity index (χ0) is 22.1. The minimum atomic E-state index is -0.834. The zero-order valence-corrected chi connectivity index (χ0v) is 18.3. The average Bonchev–Trinajstić information content (AvgIpc) is 3.33. The van der Waals surface area contributed by atoms with E-state index >= 15 is 0 Å². The van der Waals surface area contributed by atoms with Crippen molar-refractivity contribution in [3.63, 3.8) is 0 Å². The summed E-state index contributed by atoms with van der Waals surface area (Å²) in [7, 11) is 0. The van der Waals surface area contributed by atoms with Crippen LogP contribution in [0.3, 0.4) is 0 Å². The third-order valence-electron chi connectivity index (χ3n) is 5.72. The molecule has 0 bridgehead atoms. The van der Waals surface area contributed by atoms with Gasteiger partial charge in [-0.2, -0.15) is 0 Å². The number of esters is 3. The van der Waals surface area contributed by atoms with E-state index in [4.69, 9.17) is 23.7 Å². The molecule has 8 heteroatoms. The molecule has 2 fully saturated rings. The van der Waals surface area contributed by atoms with Crippen molar-refractivity contribution in [2.24, 2.45) is 23.7 Å². The molecule has 0 N–H and O–H groups in total. The summed E-state index contributed by atoms with van der Waals surface area (Å²) in [6, 6.07) is 0. The lowest BCUT2D eigenvalue weighted by atomic mass is 9.83. The first kappa shape index (κ1) is 22.6. The van der Waals surface area contributed by atoms with Crippen LogP contribution in [0.2, 0.25) is 0 Å². The molecule has 8 nitrogen and oxygen atoms in total. The van der Waals surface area contributed by atoms with E-state index in [1.54, 1.807) is 0 Å². The van der Waals surface area contributed by atoms with Crippen LogP contribution in [0.4, 0.5) is 0 Å². The smallest absolute Gasteiger partial charge is 0.309 e. The fraction of sp³-hybridized carbons (Fsp3) is 0.773. The quantitative estimate of drug-likeness (QED) is 0.333. The van der Waals surface area contributed by atoms with Crippen LogP contribution in [0.25, 0.3) is 0 Å². The maximum absolute atomic E-state index is 12.3. The lowest BCUT2D eigenvalue weighted by Crippen LogP contribution is -2.45. The number of ether oxygens (including phenoxy) is 5. The van der Waals surface area contributed by atoms with Gasteiger partial charge in [0.05, 0.1) is 18.8 Å². The topological polar surface area (TPSA) is 101 Å². The van der Waals surface area contributed by atoms with Crippen molar-refractivity contribution in [2.75, 3.05) is 13.2 Å². The Morgan fingerprint density at radius 2 is 1.73 bits per heavy atom. The van der Waals surface area contributed by atoms with Gasteiger partial charge in [-0.15, -0.1) is 0 Å². The summed E-state index contributed by atoms with van der Waals surface area (Å²) >= 11 is 0. The Labute approximate surface area is 177 Å². The van der Waals surface area contributed by atoms with Gasteiger partial charge in [0.25, 0.3) is 0 Å². The molecule has 3 aliphatic rings. The van der Waals surface area contributed by atoms with E-state index in [1.165, 1.54) is 13.2 Å². The van der Waals surface area contributed by atoms with Crippen LogP contribution in [-0.2, 0) is 38.1 Å².